The summed E-state index contributed by atoms with van der Waals surface area (Å²) in [5.41, 5.74) is 1.19. The van der Waals surface area contributed by atoms with E-state index in [1.807, 2.05) is 42.5 Å². The lowest BCUT2D eigenvalue weighted by Crippen LogP contribution is -2.27. The molecule has 1 fully saturated rings. The van der Waals surface area contributed by atoms with Gasteiger partial charge in [-0.25, -0.2) is 0 Å². The van der Waals surface area contributed by atoms with Crippen LogP contribution in [0.3, 0.4) is 0 Å². The molecule has 4 rings (SSSR count). The van der Waals surface area contributed by atoms with E-state index in [1.54, 1.807) is 6.20 Å². The average Bonchev–Trinajstić information content (AvgIpc) is 3.30. The van der Waals surface area contributed by atoms with Gasteiger partial charge in [-0.2, -0.15) is 0 Å². The molecule has 1 aliphatic carbocycles. The Hall–Kier alpha value is -2.31. The maximum atomic E-state index is 12.7. The van der Waals surface area contributed by atoms with Gasteiger partial charge < -0.3 is 0 Å². The van der Waals surface area contributed by atoms with Crippen LogP contribution in [0.15, 0.2) is 48.7 Å². The quantitative estimate of drug-likeness (QED) is 0.769. The number of nitrogens with one attached hydrogen (secondary N) is 1. The van der Waals surface area contributed by atoms with E-state index < -0.39 is 5.41 Å². The maximum absolute atomic E-state index is 12.7. The van der Waals surface area contributed by atoms with Gasteiger partial charge in [-0.15, -0.1) is 10.2 Å². The van der Waals surface area contributed by atoms with Crippen LogP contribution in [-0.4, -0.2) is 21.1 Å². The van der Waals surface area contributed by atoms with Gasteiger partial charge in [0, 0.05) is 11.2 Å². The second-order valence-corrected chi connectivity index (χ2v) is 7.09. The Kier molecular flexibility index (Phi) is 3.78. The molecular weight excluding hydrogens is 344 g/mol. The fourth-order valence-corrected chi connectivity index (χ4v) is 3.55. The molecule has 3 aromatic rings. The molecule has 0 radical (unpaired) electrons. The number of halogens is 1. The summed E-state index contributed by atoms with van der Waals surface area (Å²) >= 11 is 7.37. The highest BCUT2D eigenvalue weighted by Crippen LogP contribution is 2.49. The van der Waals surface area contributed by atoms with Crippen molar-refractivity contribution in [1.82, 2.24) is 15.2 Å². The van der Waals surface area contributed by atoms with Crippen molar-refractivity contribution in [3.05, 3.63) is 59.2 Å². The molecule has 0 aliphatic heterocycles. The summed E-state index contributed by atoms with van der Waals surface area (Å²) in [6.07, 6.45) is 3.32. The van der Waals surface area contributed by atoms with Gasteiger partial charge in [0.05, 0.1) is 5.41 Å². The van der Waals surface area contributed by atoms with Gasteiger partial charge in [-0.3, -0.25) is 15.1 Å². The predicted octanol–water partition coefficient (Wildman–Crippen LogP) is 3.92. The van der Waals surface area contributed by atoms with E-state index in [2.05, 4.69) is 20.5 Å². The third-order valence-electron chi connectivity index (χ3n) is 4.09. The summed E-state index contributed by atoms with van der Waals surface area (Å²) in [5.74, 6) is -0.0616. The van der Waals surface area contributed by atoms with Gasteiger partial charge in [0.1, 0.15) is 5.69 Å². The summed E-state index contributed by atoms with van der Waals surface area (Å²) < 4.78 is 0. The van der Waals surface area contributed by atoms with E-state index in [0.717, 1.165) is 24.1 Å². The number of nitrogens with zero attached hydrogens (tertiary/aromatic N) is 3. The van der Waals surface area contributed by atoms with Gasteiger partial charge in [0.15, 0.2) is 5.01 Å². The molecular formula is C17H13ClN4OS. The van der Waals surface area contributed by atoms with Gasteiger partial charge in [-0.1, -0.05) is 41.1 Å². The largest absolute Gasteiger partial charge is 0.300 e. The Morgan fingerprint density at radius 1 is 1.17 bits per heavy atom. The fraction of sp³-hybridized carbons (Fsp3) is 0.176. The number of aromatic nitrogens is 3. The Morgan fingerprint density at radius 3 is 2.75 bits per heavy atom. The molecule has 0 spiro atoms. The van der Waals surface area contributed by atoms with Crippen LogP contribution >= 0.6 is 22.9 Å². The van der Waals surface area contributed by atoms with Crippen molar-refractivity contribution in [3.8, 4) is 10.7 Å². The second-order valence-electron chi connectivity index (χ2n) is 5.67. The fourth-order valence-electron chi connectivity index (χ4n) is 2.64. The molecule has 0 bridgehead atoms. The Balaban J connectivity index is 1.54. The van der Waals surface area contributed by atoms with Crippen molar-refractivity contribution >= 4 is 34.0 Å². The first-order valence-electron chi connectivity index (χ1n) is 7.50. The molecule has 120 valence electrons. The number of pyridine rings is 1. The first-order valence-corrected chi connectivity index (χ1v) is 8.69. The minimum Gasteiger partial charge on any atom is -0.300 e. The summed E-state index contributed by atoms with van der Waals surface area (Å²) in [6, 6.07) is 13.1. The Labute approximate surface area is 147 Å². The highest BCUT2D eigenvalue weighted by Gasteiger charge is 2.51. The van der Waals surface area contributed by atoms with E-state index in [-0.39, 0.29) is 5.91 Å². The topological polar surface area (TPSA) is 67.8 Å². The zero-order chi connectivity index (χ0) is 16.6. The summed E-state index contributed by atoms with van der Waals surface area (Å²) in [5, 5.41) is 12.8. The van der Waals surface area contributed by atoms with Crippen LogP contribution in [0.4, 0.5) is 5.13 Å². The third kappa shape index (κ3) is 2.79. The molecule has 5 nitrogen and oxygen atoms in total. The number of rotatable bonds is 4. The van der Waals surface area contributed by atoms with E-state index in [1.165, 1.54) is 11.3 Å². The normalized spacial score (nSPS) is 15.0. The molecule has 0 unspecified atom stereocenters. The summed E-state index contributed by atoms with van der Waals surface area (Å²) in [7, 11) is 0. The first-order chi connectivity index (χ1) is 11.7. The molecule has 1 saturated carbocycles. The number of amides is 1. The average molecular weight is 357 g/mol. The van der Waals surface area contributed by atoms with E-state index in [9.17, 15) is 4.79 Å². The number of carbonyl (C=O) groups is 1. The number of benzene rings is 1. The molecule has 1 aromatic carbocycles. The minimum absolute atomic E-state index is 0.0616. The smallest absolute Gasteiger partial charge is 0.236 e. The van der Waals surface area contributed by atoms with Gasteiger partial charge in [0.2, 0.25) is 11.0 Å². The van der Waals surface area contributed by atoms with E-state index in [0.29, 0.717) is 15.2 Å². The molecule has 1 aliphatic rings. The van der Waals surface area contributed by atoms with E-state index in [4.69, 9.17) is 11.6 Å². The number of hydrogen-bond acceptors (Lipinski definition) is 5. The number of carbonyl (C=O) groups excluding carboxylic acids is 1. The van der Waals surface area contributed by atoms with Crippen LogP contribution in [0.5, 0.6) is 0 Å². The Bertz CT molecular complexity index is 892. The molecule has 0 saturated heterocycles. The van der Waals surface area contributed by atoms with Crippen molar-refractivity contribution in [2.45, 2.75) is 18.3 Å². The van der Waals surface area contributed by atoms with Crippen LogP contribution < -0.4 is 5.32 Å². The number of anilines is 1. The summed E-state index contributed by atoms with van der Waals surface area (Å²) in [6.45, 7) is 0. The monoisotopic (exact) mass is 356 g/mol. The predicted molar refractivity (Wildman–Crippen MR) is 94.1 cm³/mol. The van der Waals surface area contributed by atoms with Gasteiger partial charge >= 0.3 is 0 Å². The van der Waals surface area contributed by atoms with Crippen LogP contribution in [0.25, 0.3) is 10.7 Å². The highest BCUT2D eigenvalue weighted by molar-refractivity contribution is 7.18. The third-order valence-corrected chi connectivity index (χ3v) is 5.19. The molecule has 0 atom stereocenters. The van der Waals surface area contributed by atoms with Crippen molar-refractivity contribution in [1.29, 1.82) is 0 Å². The molecule has 1 amide bonds. The van der Waals surface area contributed by atoms with Crippen LogP contribution in [0.2, 0.25) is 5.02 Å². The van der Waals surface area contributed by atoms with Crippen LogP contribution in [-0.2, 0) is 10.2 Å². The van der Waals surface area contributed by atoms with Crippen molar-refractivity contribution in [3.63, 3.8) is 0 Å². The summed E-state index contributed by atoms with van der Waals surface area (Å²) in [4.78, 5) is 17.0. The highest BCUT2D eigenvalue weighted by atomic mass is 35.5. The van der Waals surface area contributed by atoms with Gasteiger partial charge in [-0.05, 0) is 42.7 Å². The van der Waals surface area contributed by atoms with Crippen molar-refractivity contribution in [2.24, 2.45) is 0 Å². The minimum atomic E-state index is -0.498. The van der Waals surface area contributed by atoms with Gasteiger partial charge in [0.25, 0.3) is 0 Å². The number of hydrogen-bond donors (Lipinski definition) is 1. The van der Waals surface area contributed by atoms with E-state index >= 15 is 0 Å². The SMILES string of the molecule is O=C(Nc1nnc(-c2ccccn2)s1)C1(c2cccc(Cl)c2)CC1. The zero-order valence-electron chi connectivity index (χ0n) is 12.6. The second kappa shape index (κ2) is 5.96. The lowest BCUT2D eigenvalue weighted by Gasteiger charge is -2.14. The molecule has 7 heteroatoms. The van der Waals surface area contributed by atoms with Crippen molar-refractivity contribution < 1.29 is 4.79 Å². The zero-order valence-corrected chi connectivity index (χ0v) is 14.1. The van der Waals surface area contributed by atoms with Crippen LogP contribution in [0, 0.1) is 0 Å². The van der Waals surface area contributed by atoms with Crippen molar-refractivity contribution in [2.75, 3.05) is 5.32 Å². The lowest BCUT2D eigenvalue weighted by molar-refractivity contribution is -0.118. The first kappa shape index (κ1) is 15.2. The van der Waals surface area contributed by atoms with Crippen LogP contribution in [0.1, 0.15) is 18.4 Å². The molecule has 2 aromatic heterocycles. The molecule has 2 heterocycles. The standard InChI is InChI=1S/C17H13ClN4OS/c18-12-5-3-4-11(10-12)17(7-8-17)15(23)20-16-22-21-14(24-16)13-6-1-2-9-19-13/h1-6,9-10H,7-8H2,(H,20,22,23). The molecule has 24 heavy (non-hydrogen) atoms. The maximum Gasteiger partial charge on any atom is 0.236 e. The molecule has 1 N–H and O–H groups in total. The lowest BCUT2D eigenvalue weighted by atomic mass is 9.95. The Morgan fingerprint density at radius 2 is 2.04 bits per heavy atom.